The number of carbonyl (C=O) groups excluding carboxylic acids is 1. The Kier molecular flexibility index (Phi) is 4.28. The van der Waals surface area contributed by atoms with Gasteiger partial charge in [0.05, 0.1) is 5.56 Å². The van der Waals surface area contributed by atoms with Crippen molar-refractivity contribution in [2.75, 3.05) is 13.1 Å². The number of nitrogens with one attached hydrogen (secondary N) is 1. The van der Waals surface area contributed by atoms with Crippen LogP contribution in [0.3, 0.4) is 0 Å². The Labute approximate surface area is 102 Å². The van der Waals surface area contributed by atoms with E-state index in [9.17, 15) is 13.2 Å². The van der Waals surface area contributed by atoms with E-state index in [1.165, 1.54) is 0 Å². The highest BCUT2D eigenvalue weighted by Gasteiger charge is 2.21. The summed E-state index contributed by atoms with van der Waals surface area (Å²) in [5.41, 5.74) is 10.2. The van der Waals surface area contributed by atoms with Crippen LogP contribution in [0.1, 0.15) is 10.4 Å². The van der Waals surface area contributed by atoms with Gasteiger partial charge < -0.3 is 11.5 Å². The van der Waals surface area contributed by atoms with Crippen LogP contribution in [0.5, 0.6) is 0 Å². The molecule has 0 radical (unpaired) electrons. The molecule has 0 fully saturated rings. The third kappa shape index (κ3) is 2.92. The average molecular weight is 284 g/mol. The lowest BCUT2D eigenvalue weighted by Gasteiger charge is -2.01. The van der Waals surface area contributed by atoms with Gasteiger partial charge in [0.1, 0.15) is 8.55 Å². The molecule has 1 heterocycles. The van der Waals surface area contributed by atoms with Gasteiger partial charge in [0.25, 0.3) is 5.91 Å². The van der Waals surface area contributed by atoms with Gasteiger partial charge in [-0.3, -0.25) is 4.79 Å². The molecule has 0 saturated carbocycles. The number of thiophene rings is 1. The second-order valence-electron chi connectivity index (χ2n) is 2.80. The van der Waals surface area contributed by atoms with Crippen molar-refractivity contribution in [2.45, 2.75) is 4.21 Å². The molecule has 9 heteroatoms. The second kappa shape index (κ2) is 5.11. The van der Waals surface area contributed by atoms with E-state index in [4.69, 9.17) is 23.1 Å². The maximum Gasteiger partial charge on any atom is 0.251 e. The fraction of sp³-hybridized carbons (Fsp3) is 0.286. The summed E-state index contributed by atoms with van der Waals surface area (Å²) < 4.78 is 25.5. The van der Waals surface area contributed by atoms with Crippen molar-refractivity contribution in [3.05, 3.63) is 16.0 Å². The van der Waals surface area contributed by atoms with Crippen LogP contribution in [-0.2, 0) is 10.0 Å². The molecule has 0 aliphatic heterocycles. The molecule has 0 aromatic carbocycles. The molecule has 6 nitrogen and oxygen atoms in total. The second-order valence-corrected chi connectivity index (χ2v) is 6.45. The standard InChI is InChI=1S/C7H10ClN3O3S2/c8-6-4(7(10)12)3-5(15-6)16(13,14)11-2-1-9/h3,11H,1-2,9H2,(H2,10,12). The maximum absolute atomic E-state index is 11.6. The van der Waals surface area contributed by atoms with Crippen LogP contribution in [0, 0.1) is 0 Å². The van der Waals surface area contributed by atoms with Gasteiger partial charge in [0.2, 0.25) is 10.0 Å². The van der Waals surface area contributed by atoms with Crippen molar-refractivity contribution in [2.24, 2.45) is 11.5 Å². The minimum absolute atomic E-state index is 0.000194. The van der Waals surface area contributed by atoms with Crippen molar-refractivity contribution < 1.29 is 13.2 Å². The van der Waals surface area contributed by atoms with E-state index >= 15 is 0 Å². The van der Waals surface area contributed by atoms with E-state index in [0.29, 0.717) is 0 Å². The lowest BCUT2D eigenvalue weighted by molar-refractivity contribution is 0.100. The predicted octanol–water partition coefficient (Wildman–Crippen LogP) is -0.263. The Balaban J connectivity index is 3.06. The summed E-state index contributed by atoms with van der Waals surface area (Å²) in [6.07, 6.45) is 0. The van der Waals surface area contributed by atoms with E-state index in [2.05, 4.69) is 4.72 Å². The van der Waals surface area contributed by atoms with Crippen molar-refractivity contribution >= 4 is 38.9 Å². The Morgan fingerprint density at radius 2 is 2.19 bits per heavy atom. The lowest BCUT2D eigenvalue weighted by Crippen LogP contribution is -2.28. The number of hydrogen-bond donors (Lipinski definition) is 3. The number of sulfonamides is 1. The first-order valence-electron chi connectivity index (χ1n) is 4.17. The third-order valence-electron chi connectivity index (χ3n) is 1.63. The van der Waals surface area contributed by atoms with Crippen molar-refractivity contribution in [1.29, 1.82) is 0 Å². The minimum Gasteiger partial charge on any atom is -0.366 e. The van der Waals surface area contributed by atoms with Gasteiger partial charge in [-0.25, -0.2) is 13.1 Å². The minimum atomic E-state index is -3.66. The lowest BCUT2D eigenvalue weighted by atomic mass is 10.3. The molecule has 0 unspecified atom stereocenters. The number of carbonyl (C=O) groups is 1. The van der Waals surface area contributed by atoms with Gasteiger partial charge >= 0.3 is 0 Å². The highest BCUT2D eigenvalue weighted by atomic mass is 35.5. The first kappa shape index (κ1) is 13.4. The topological polar surface area (TPSA) is 115 Å². The molecule has 1 aromatic rings. The smallest absolute Gasteiger partial charge is 0.251 e. The molecule has 16 heavy (non-hydrogen) atoms. The summed E-state index contributed by atoms with van der Waals surface area (Å²) >= 11 is 6.45. The Morgan fingerprint density at radius 3 is 2.62 bits per heavy atom. The summed E-state index contributed by atoms with van der Waals surface area (Å²) in [4.78, 5) is 10.9. The quantitative estimate of drug-likeness (QED) is 0.690. The van der Waals surface area contributed by atoms with Crippen LogP contribution in [0.25, 0.3) is 0 Å². The van der Waals surface area contributed by atoms with Gasteiger partial charge in [0.15, 0.2) is 0 Å². The van der Waals surface area contributed by atoms with Crippen LogP contribution in [-0.4, -0.2) is 27.4 Å². The van der Waals surface area contributed by atoms with Crippen molar-refractivity contribution in [3.8, 4) is 0 Å². The molecule has 5 N–H and O–H groups in total. The Morgan fingerprint density at radius 1 is 1.56 bits per heavy atom. The van der Waals surface area contributed by atoms with Crippen molar-refractivity contribution in [3.63, 3.8) is 0 Å². The zero-order valence-corrected chi connectivity index (χ0v) is 10.5. The summed E-state index contributed by atoms with van der Waals surface area (Å²) in [5.74, 6) is -0.762. The van der Waals surface area contributed by atoms with Crippen LogP contribution >= 0.6 is 22.9 Å². The molecule has 90 valence electrons. The highest BCUT2D eigenvalue weighted by Crippen LogP contribution is 2.30. The monoisotopic (exact) mass is 283 g/mol. The van der Waals surface area contributed by atoms with Crippen LogP contribution in [0.4, 0.5) is 0 Å². The van der Waals surface area contributed by atoms with E-state index in [0.717, 1.165) is 17.4 Å². The molecule has 1 amide bonds. The SMILES string of the molecule is NCCNS(=O)(=O)c1cc(C(N)=O)c(Cl)s1. The average Bonchev–Trinajstić information content (AvgIpc) is 2.58. The van der Waals surface area contributed by atoms with Gasteiger partial charge in [-0.2, -0.15) is 0 Å². The van der Waals surface area contributed by atoms with Gasteiger partial charge in [0, 0.05) is 13.1 Å². The number of hydrogen-bond acceptors (Lipinski definition) is 5. The van der Waals surface area contributed by atoms with Crippen molar-refractivity contribution in [1.82, 2.24) is 4.72 Å². The number of rotatable bonds is 5. The van der Waals surface area contributed by atoms with Crippen LogP contribution in [0.15, 0.2) is 10.3 Å². The molecular weight excluding hydrogens is 274 g/mol. The number of halogens is 1. The first-order chi connectivity index (χ1) is 7.38. The van der Waals surface area contributed by atoms with E-state index in [1.54, 1.807) is 0 Å². The fourth-order valence-corrected chi connectivity index (χ4v) is 3.74. The summed E-state index contributed by atoms with van der Waals surface area (Å²) in [7, 11) is -3.66. The molecule has 0 spiro atoms. The van der Waals surface area contributed by atoms with Crippen LogP contribution < -0.4 is 16.2 Å². The molecule has 1 aromatic heterocycles. The van der Waals surface area contributed by atoms with E-state index in [-0.39, 0.29) is 27.2 Å². The summed E-state index contributed by atoms with van der Waals surface area (Å²) in [6, 6.07) is 1.15. The van der Waals surface area contributed by atoms with E-state index < -0.39 is 15.9 Å². The van der Waals surface area contributed by atoms with Gasteiger partial charge in [-0.1, -0.05) is 11.6 Å². The molecule has 0 atom stereocenters. The van der Waals surface area contributed by atoms with Crippen LogP contribution in [0.2, 0.25) is 4.34 Å². The summed E-state index contributed by atoms with van der Waals surface area (Å²) in [6.45, 7) is 0.296. The maximum atomic E-state index is 11.6. The fourth-order valence-electron chi connectivity index (χ4n) is 0.912. The van der Waals surface area contributed by atoms with Gasteiger partial charge in [-0.15, -0.1) is 11.3 Å². The Bertz CT molecular complexity index is 497. The molecule has 0 aliphatic carbocycles. The normalized spacial score (nSPS) is 11.6. The number of nitrogens with two attached hydrogens (primary N) is 2. The molecule has 0 aliphatic rings. The van der Waals surface area contributed by atoms with E-state index in [1.807, 2.05) is 0 Å². The first-order valence-corrected chi connectivity index (χ1v) is 6.85. The number of amides is 1. The van der Waals surface area contributed by atoms with Gasteiger partial charge in [-0.05, 0) is 6.07 Å². The number of primary amides is 1. The Hall–Kier alpha value is -0.670. The highest BCUT2D eigenvalue weighted by molar-refractivity contribution is 7.91. The molecule has 1 rings (SSSR count). The zero-order chi connectivity index (χ0) is 12.3. The third-order valence-corrected chi connectivity index (χ3v) is 4.92. The largest absolute Gasteiger partial charge is 0.366 e. The zero-order valence-electron chi connectivity index (χ0n) is 8.07. The predicted molar refractivity (Wildman–Crippen MR) is 62.1 cm³/mol. The molecule has 0 bridgehead atoms. The molecule has 0 saturated heterocycles. The molecular formula is C7H10ClN3O3S2. The summed E-state index contributed by atoms with van der Waals surface area (Å²) in [5, 5.41) is 0.